The van der Waals surface area contributed by atoms with E-state index >= 15 is 0 Å². The van der Waals surface area contributed by atoms with Crippen LogP contribution in [0.5, 0.6) is 0 Å². The van der Waals surface area contributed by atoms with Crippen molar-refractivity contribution < 1.29 is 26.1 Å². The van der Waals surface area contributed by atoms with Crippen LogP contribution in [0.25, 0.3) is 0 Å². The first-order valence-corrected chi connectivity index (χ1v) is 12.8. The Morgan fingerprint density at radius 1 is 0.679 bits per heavy atom. The number of alkyl halides is 3. The quantitative estimate of drug-likeness (QED) is 0.119. The van der Waals surface area contributed by atoms with Crippen LogP contribution in [0.1, 0.15) is 117 Å². The van der Waals surface area contributed by atoms with Crippen LogP contribution in [0, 0.1) is 0 Å². The van der Waals surface area contributed by atoms with E-state index < -0.39 is 15.6 Å². The SMILES string of the molecule is CCCCCCC(P)(CCCCCC)CCCCCC.O=S(=O)(O)C(F)(F)F. The standard InChI is InChI=1S/C19H41P.CHF3O3S/c1-4-7-10-13-16-19(20,17-14-11-8-5-2)18-15-12-9-6-3;2-1(3,4)8(5,6)7/h4-18,20H2,1-3H3;(H,5,6,7). The Morgan fingerprint density at radius 2 is 0.929 bits per heavy atom. The van der Waals surface area contributed by atoms with Crippen LogP contribution in [0.4, 0.5) is 13.2 Å². The van der Waals surface area contributed by atoms with Gasteiger partial charge in [-0.05, 0) is 24.4 Å². The number of rotatable bonds is 15. The Kier molecular flexibility index (Phi) is 18.3. The highest BCUT2D eigenvalue weighted by molar-refractivity contribution is 7.86. The van der Waals surface area contributed by atoms with E-state index in [0.29, 0.717) is 5.16 Å². The molecule has 28 heavy (non-hydrogen) atoms. The molecule has 1 N–H and O–H groups in total. The van der Waals surface area contributed by atoms with Crippen LogP contribution in [0.15, 0.2) is 0 Å². The van der Waals surface area contributed by atoms with Crippen LogP contribution in [-0.4, -0.2) is 23.6 Å². The fourth-order valence-electron chi connectivity index (χ4n) is 3.09. The molecule has 0 aromatic rings. The summed E-state index contributed by atoms with van der Waals surface area (Å²) in [5, 5.41) is 0.565. The average Bonchev–Trinajstić information content (AvgIpc) is 2.59. The van der Waals surface area contributed by atoms with Gasteiger partial charge >= 0.3 is 15.6 Å². The van der Waals surface area contributed by atoms with Crippen LogP contribution in [0.2, 0.25) is 0 Å². The fraction of sp³-hybridized carbons (Fsp3) is 1.00. The van der Waals surface area contributed by atoms with Crippen LogP contribution >= 0.6 is 9.24 Å². The molecular weight excluding hydrogens is 408 g/mol. The molecule has 0 aromatic heterocycles. The van der Waals surface area contributed by atoms with E-state index in [0.717, 1.165) is 0 Å². The third-order valence-corrected chi connectivity index (χ3v) is 6.33. The van der Waals surface area contributed by atoms with E-state index in [9.17, 15) is 13.2 Å². The molecule has 0 spiro atoms. The monoisotopic (exact) mass is 450 g/mol. The predicted molar refractivity (Wildman–Crippen MR) is 116 cm³/mol. The summed E-state index contributed by atoms with van der Waals surface area (Å²) in [7, 11) is -2.57. The van der Waals surface area contributed by atoms with Gasteiger partial charge in [0.2, 0.25) is 0 Å². The van der Waals surface area contributed by atoms with E-state index in [4.69, 9.17) is 13.0 Å². The average molecular weight is 451 g/mol. The summed E-state index contributed by atoms with van der Waals surface area (Å²) < 4.78 is 57.5. The van der Waals surface area contributed by atoms with Gasteiger partial charge in [0.25, 0.3) is 0 Å². The number of halogens is 3. The maximum absolute atomic E-state index is 10.7. The maximum atomic E-state index is 10.7. The van der Waals surface area contributed by atoms with Crippen LogP contribution < -0.4 is 0 Å². The summed E-state index contributed by atoms with van der Waals surface area (Å²) in [6, 6.07) is 0. The number of unbranched alkanes of at least 4 members (excludes halogenated alkanes) is 9. The molecule has 3 nitrogen and oxygen atoms in total. The highest BCUT2D eigenvalue weighted by Gasteiger charge is 2.44. The van der Waals surface area contributed by atoms with Gasteiger partial charge in [0.1, 0.15) is 0 Å². The number of hydrogen-bond donors (Lipinski definition) is 1. The largest absolute Gasteiger partial charge is 0.522 e. The molecule has 0 rings (SSSR count). The van der Waals surface area contributed by atoms with Crippen LogP contribution in [-0.2, 0) is 10.1 Å². The first-order chi connectivity index (χ1) is 12.9. The first-order valence-electron chi connectivity index (χ1n) is 10.8. The molecule has 0 amide bonds. The van der Waals surface area contributed by atoms with Crippen molar-refractivity contribution >= 4 is 19.4 Å². The molecule has 1 atom stereocenters. The van der Waals surface area contributed by atoms with E-state index in [2.05, 4.69) is 30.0 Å². The van der Waals surface area contributed by atoms with Gasteiger partial charge in [0.15, 0.2) is 0 Å². The van der Waals surface area contributed by atoms with Crippen molar-refractivity contribution in [1.29, 1.82) is 0 Å². The van der Waals surface area contributed by atoms with E-state index in [1.807, 2.05) is 0 Å². The number of hydrogen-bond acceptors (Lipinski definition) is 2. The third-order valence-electron chi connectivity index (χ3n) is 4.88. The molecule has 0 fully saturated rings. The molecule has 0 aromatic carbocycles. The van der Waals surface area contributed by atoms with Gasteiger partial charge in [-0.25, -0.2) is 0 Å². The highest BCUT2D eigenvalue weighted by atomic mass is 32.2. The second-order valence-electron chi connectivity index (χ2n) is 7.72. The van der Waals surface area contributed by atoms with Crippen molar-refractivity contribution in [1.82, 2.24) is 0 Å². The minimum absolute atomic E-state index is 0.565. The summed E-state index contributed by atoms with van der Waals surface area (Å²) >= 11 is 0. The Morgan fingerprint density at radius 3 is 1.11 bits per heavy atom. The molecule has 0 aliphatic carbocycles. The lowest BCUT2D eigenvalue weighted by Gasteiger charge is -2.30. The molecule has 0 bridgehead atoms. The molecule has 0 radical (unpaired) electrons. The molecule has 8 heteroatoms. The molecule has 0 aliphatic heterocycles. The topological polar surface area (TPSA) is 54.4 Å². The molecule has 0 aliphatic rings. The zero-order valence-electron chi connectivity index (χ0n) is 18.0. The van der Waals surface area contributed by atoms with Gasteiger partial charge in [-0.15, -0.1) is 9.24 Å². The van der Waals surface area contributed by atoms with E-state index in [1.165, 1.54) is 96.3 Å². The predicted octanol–water partition coefficient (Wildman–Crippen LogP) is 7.91. The van der Waals surface area contributed by atoms with Gasteiger partial charge < -0.3 is 0 Å². The molecule has 1 unspecified atom stereocenters. The summed E-state index contributed by atoms with van der Waals surface area (Å²) in [6.45, 7) is 6.93. The fourth-order valence-corrected chi connectivity index (χ4v) is 3.70. The lowest BCUT2D eigenvalue weighted by molar-refractivity contribution is -0.0510. The van der Waals surface area contributed by atoms with Gasteiger partial charge in [-0.2, -0.15) is 21.6 Å². The van der Waals surface area contributed by atoms with Gasteiger partial charge in [0, 0.05) is 0 Å². The summed E-state index contributed by atoms with van der Waals surface area (Å²) in [4.78, 5) is 0. The van der Waals surface area contributed by atoms with Crippen molar-refractivity contribution in [2.24, 2.45) is 0 Å². The van der Waals surface area contributed by atoms with Crippen molar-refractivity contribution in [2.45, 2.75) is 128 Å². The van der Waals surface area contributed by atoms with Crippen LogP contribution in [0.3, 0.4) is 0 Å². The summed E-state index contributed by atoms with van der Waals surface area (Å²) in [5.41, 5.74) is -5.53. The molecule has 172 valence electrons. The van der Waals surface area contributed by atoms with Crippen molar-refractivity contribution in [2.75, 3.05) is 0 Å². The zero-order chi connectivity index (χ0) is 22.1. The molecule has 0 heterocycles. The normalized spacial score (nSPS) is 12.6. The van der Waals surface area contributed by atoms with E-state index in [1.54, 1.807) is 0 Å². The molecule has 0 saturated carbocycles. The van der Waals surface area contributed by atoms with Gasteiger partial charge in [-0.1, -0.05) is 97.8 Å². The van der Waals surface area contributed by atoms with Crippen molar-refractivity contribution in [3.63, 3.8) is 0 Å². The molecular formula is C20H42F3O3PS. The Hall–Kier alpha value is 0.130. The summed E-state index contributed by atoms with van der Waals surface area (Å²) in [6.07, 6.45) is 21.3. The van der Waals surface area contributed by atoms with Crippen molar-refractivity contribution in [3.8, 4) is 0 Å². The first kappa shape index (κ1) is 30.3. The van der Waals surface area contributed by atoms with E-state index in [-0.39, 0.29) is 0 Å². The lowest BCUT2D eigenvalue weighted by atomic mass is 9.88. The third kappa shape index (κ3) is 18.2. The Balaban J connectivity index is 0. The highest BCUT2D eigenvalue weighted by Crippen LogP contribution is 2.37. The lowest BCUT2D eigenvalue weighted by Crippen LogP contribution is -2.21. The summed E-state index contributed by atoms with van der Waals surface area (Å²) in [5.74, 6) is 0. The maximum Gasteiger partial charge on any atom is 0.522 e. The Bertz CT molecular complexity index is 423. The minimum Gasteiger partial charge on any atom is -0.279 e. The smallest absolute Gasteiger partial charge is 0.279 e. The second kappa shape index (κ2) is 16.9. The second-order valence-corrected chi connectivity index (χ2v) is 10.4. The zero-order valence-corrected chi connectivity index (χ0v) is 20.0. The van der Waals surface area contributed by atoms with Gasteiger partial charge in [-0.3, -0.25) is 4.55 Å². The molecule has 0 saturated heterocycles. The van der Waals surface area contributed by atoms with Crippen molar-refractivity contribution in [3.05, 3.63) is 0 Å². The Labute approximate surface area is 173 Å². The minimum atomic E-state index is -5.84. The van der Waals surface area contributed by atoms with Gasteiger partial charge in [0.05, 0.1) is 0 Å².